The van der Waals surface area contributed by atoms with Crippen LogP contribution in [0.25, 0.3) is 0 Å². The van der Waals surface area contributed by atoms with Gasteiger partial charge >= 0.3 is 5.97 Å². The first-order valence-corrected chi connectivity index (χ1v) is 8.54. The minimum Gasteiger partial charge on any atom is -0.493 e. The van der Waals surface area contributed by atoms with Crippen LogP contribution in [0.15, 0.2) is 41.3 Å². The number of carboxylic acid groups (broad SMARTS) is 1. The summed E-state index contributed by atoms with van der Waals surface area (Å²) in [5.41, 5.74) is 0.785. The molecule has 0 fully saturated rings. The maximum absolute atomic E-state index is 12.4. The molecule has 120 valence electrons. The summed E-state index contributed by atoms with van der Waals surface area (Å²) in [6, 6.07) is 8.53. The van der Waals surface area contributed by atoms with Crippen molar-refractivity contribution in [1.82, 2.24) is 0 Å². The Hall–Kier alpha value is -2.25. The fourth-order valence-corrected chi connectivity index (χ4v) is 3.59. The molecule has 0 atom stereocenters. The summed E-state index contributed by atoms with van der Waals surface area (Å²) in [6.07, 6.45) is 0.656. The highest BCUT2D eigenvalue weighted by atomic mass is 35.5. The molecule has 0 radical (unpaired) electrons. The molecule has 0 aromatic heterocycles. The van der Waals surface area contributed by atoms with Crippen molar-refractivity contribution >= 4 is 33.3 Å². The Morgan fingerprint density at radius 1 is 1.22 bits per heavy atom. The molecule has 2 aromatic carbocycles. The molecule has 1 heterocycles. The summed E-state index contributed by atoms with van der Waals surface area (Å²) in [5, 5.41) is 9.07. The normalized spacial score (nSPS) is 13.3. The number of halogens is 1. The number of sulfonamides is 1. The second kappa shape index (κ2) is 5.75. The molecule has 0 aliphatic carbocycles. The van der Waals surface area contributed by atoms with E-state index in [1.807, 2.05) is 0 Å². The van der Waals surface area contributed by atoms with E-state index in [9.17, 15) is 13.2 Å². The number of fused-ring (bicyclic) bond motifs is 1. The van der Waals surface area contributed by atoms with Gasteiger partial charge in [-0.1, -0.05) is 11.6 Å². The number of hydrogen-bond acceptors (Lipinski definition) is 4. The van der Waals surface area contributed by atoms with Gasteiger partial charge in [0.15, 0.2) is 0 Å². The third kappa shape index (κ3) is 3.11. The van der Waals surface area contributed by atoms with E-state index >= 15 is 0 Å². The van der Waals surface area contributed by atoms with Crippen LogP contribution in [0.2, 0.25) is 5.02 Å². The first-order chi connectivity index (χ1) is 10.9. The maximum Gasteiger partial charge on any atom is 0.337 e. The Kier molecular flexibility index (Phi) is 3.91. The molecular formula is C15H12ClNO5S. The van der Waals surface area contributed by atoms with Crippen LogP contribution >= 0.6 is 11.6 Å². The number of nitrogens with one attached hydrogen (secondary N) is 1. The van der Waals surface area contributed by atoms with Crippen molar-refractivity contribution in [3.8, 4) is 5.75 Å². The fraction of sp³-hybridized carbons (Fsp3) is 0.133. The minimum absolute atomic E-state index is 0.0372. The summed E-state index contributed by atoms with van der Waals surface area (Å²) >= 11 is 5.77. The SMILES string of the molecule is O=C(O)c1cc(NS(=O)(=O)c2ccc3c(c2)CCO3)ccc1Cl. The lowest BCUT2D eigenvalue weighted by Gasteiger charge is -2.10. The number of anilines is 1. The lowest BCUT2D eigenvalue weighted by Crippen LogP contribution is -2.13. The number of carboxylic acids is 1. The van der Waals surface area contributed by atoms with Gasteiger partial charge in [0.05, 0.1) is 22.1 Å². The molecule has 3 rings (SSSR count). The number of ether oxygens (including phenoxy) is 1. The van der Waals surface area contributed by atoms with E-state index in [1.54, 1.807) is 12.1 Å². The monoisotopic (exact) mass is 353 g/mol. The van der Waals surface area contributed by atoms with Gasteiger partial charge in [-0.2, -0.15) is 0 Å². The highest BCUT2D eigenvalue weighted by molar-refractivity contribution is 7.92. The highest BCUT2D eigenvalue weighted by Gasteiger charge is 2.20. The molecule has 0 unspecified atom stereocenters. The van der Waals surface area contributed by atoms with Crippen LogP contribution in [0.5, 0.6) is 5.75 Å². The van der Waals surface area contributed by atoms with Crippen LogP contribution in [-0.2, 0) is 16.4 Å². The first-order valence-electron chi connectivity index (χ1n) is 6.68. The van der Waals surface area contributed by atoms with Crippen LogP contribution in [0.1, 0.15) is 15.9 Å². The third-order valence-electron chi connectivity index (χ3n) is 3.42. The van der Waals surface area contributed by atoms with Gasteiger partial charge in [-0.3, -0.25) is 4.72 Å². The van der Waals surface area contributed by atoms with Crippen molar-refractivity contribution in [1.29, 1.82) is 0 Å². The van der Waals surface area contributed by atoms with E-state index in [-0.39, 0.29) is 21.2 Å². The summed E-state index contributed by atoms with van der Waals surface area (Å²) in [5.74, 6) is -0.547. The second-order valence-corrected chi connectivity index (χ2v) is 7.06. The van der Waals surface area contributed by atoms with E-state index in [1.165, 1.54) is 24.3 Å². The van der Waals surface area contributed by atoms with E-state index in [2.05, 4.69) is 4.72 Å². The van der Waals surface area contributed by atoms with Crippen molar-refractivity contribution in [2.75, 3.05) is 11.3 Å². The molecule has 2 N–H and O–H groups in total. The topological polar surface area (TPSA) is 92.7 Å². The average Bonchev–Trinajstić information content (AvgIpc) is 2.96. The lowest BCUT2D eigenvalue weighted by atomic mass is 10.2. The van der Waals surface area contributed by atoms with Crippen LogP contribution < -0.4 is 9.46 Å². The zero-order valence-corrected chi connectivity index (χ0v) is 13.3. The minimum atomic E-state index is -3.83. The molecule has 23 heavy (non-hydrogen) atoms. The lowest BCUT2D eigenvalue weighted by molar-refractivity contribution is 0.0697. The van der Waals surface area contributed by atoms with Crippen LogP contribution in [0, 0.1) is 0 Å². The van der Waals surface area contributed by atoms with Gasteiger partial charge in [-0.25, -0.2) is 13.2 Å². The van der Waals surface area contributed by atoms with Gasteiger partial charge in [0.25, 0.3) is 10.0 Å². The van der Waals surface area contributed by atoms with Crippen molar-refractivity contribution in [3.63, 3.8) is 0 Å². The molecule has 2 aromatic rings. The predicted molar refractivity (Wildman–Crippen MR) is 84.9 cm³/mol. The quantitative estimate of drug-likeness (QED) is 0.881. The van der Waals surface area contributed by atoms with E-state index < -0.39 is 16.0 Å². The summed E-state index contributed by atoms with van der Waals surface area (Å²) in [6.45, 7) is 0.533. The molecule has 0 amide bonds. The van der Waals surface area contributed by atoms with Gasteiger partial charge < -0.3 is 9.84 Å². The molecule has 6 nitrogen and oxygen atoms in total. The van der Waals surface area contributed by atoms with Gasteiger partial charge in [-0.15, -0.1) is 0 Å². The summed E-state index contributed by atoms with van der Waals surface area (Å²) in [4.78, 5) is 11.2. The number of benzene rings is 2. The maximum atomic E-state index is 12.4. The largest absolute Gasteiger partial charge is 0.493 e. The Labute approximate surface area is 137 Å². The van der Waals surface area contributed by atoms with E-state index in [4.69, 9.17) is 21.4 Å². The van der Waals surface area contributed by atoms with E-state index in [0.717, 1.165) is 5.56 Å². The fourth-order valence-electron chi connectivity index (χ4n) is 2.30. The van der Waals surface area contributed by atoms with E-state index in [0.29, 0.717) is 18.8 Å². The van der Waals surface area contributed by atoms with Gasteiger partial charge in [0, 0.05) is 12.1 Å². The molecule has 0 saturated carbocycles. The zero-order valence-electron chi connectivity index (χ0n) is 11.7. The highest BCUT2D eigenvalue weighted by Crippen LogP contribution is 2.29. The summed E-state index contributed by atoms with van der Waals surface area (Å²) in [7, 11) is -3.83. The number of rotatable bonds is 4. The smallest absolute Gasteiger partial charge is 0.337 e. The Balaban J connectivity index is 1.92. The standard InChI is InChI=1S/C15H12ClNO5S/c16-13-3-1-10(8-12(13)15(18)19)17-23(20,21)11-2-4-14-9(7-11)5-6-22-14/h1-4,7-8,17H,5-6H2,(H,18,19). The average molecular weight is 354 g/mol. The summed E-state index contributed by atoms with van der Waals surface area (Å²) < 4.78 is 32.6. The number of carbonyl (C=O) groups is 1. The van der Waals surface area contributed by atoms with Crippen molar-refractivity contribution < 1.29 is 23.1 Å². The second-order valence-electron chi connectivity index (χ2n) is 4.97. The van der Waals surface area contributed by atoms with Gasteiger partial charge in [0.1, 0.15) is 5.75 Å². The molecule has 8 heteroatoms. The Bertz CT molecular complexity index is 895. The van der Waals surface area contributed by atoms with Crippen molar-refractivity contribution in [2.24, 2.45) is 0 Å². The number of aromatic carboxylic acids is 1. The van der Waals surface area contributed by atoms with Crippen molar-refractivity contribution in [3.05, 3.63) is 52.5 Å². The Morgan fingerprint density at radius 3 is 2.74 bits per heavy atom. The molecule has 1 aliphatic rings. The van der Waals surface area contributed by atoms with Crippen LogP contribution in [-0.4, -0.2) is 26.1 Å². The molecular weight excluding hydrogens is 342 g/mol. The van der Waals surface area contributed by atoms with Crippen LogP contribution in [0.3, 0.4) is 0 Å². The zero-order chi connectivity index (χ0) is 16.6. The number of hydrogen-bond donors (Lipinski definition) is 2. The van der Waals surface area contributed by atoms with Crippen molar-refractivity contribution in [2.45, 2.75) is 11.3 Å². The molecule has 0 bridgehead atoms. The first kappa shape index (κ1) is 15.6. The predicted octanol–water partition coefficient (Wildman–Crippen LogP) is 2.77. The third-order valence-corrected chi connectivity index (χ3v) is 5.13. The van der Waals surface area contributed by atoms with Gasteiger partial charge in [0.2, 0.25) is 0 Å². The van der Waals surface area contributed by atoms with Crippen LogP contribution in [0.4, 0.5) is 5.69 Å². The Morgan fingerprint density at radius 2 is 2.00 bits per heavy atom. The molecule has 0 saturated heterocycles. The molecule has 1 aliphatic heterocycles. The molecule has 0 spiro atoms. The van der Waals surface area contributed by atoms with Gasteiger partial charge in [-0.05, 0) is 42.0 Å².